The number of nitrogens with zero attached hydrogens (tertiary/aromatic N) is 2. The second-order valence-electron chi connectivity index (χ2n) is 6.85. The van der Waals surface area contributed by atoms with Gasteiger partial charge in [-0.1, -0.05) is 13.3 Å². The Morgan fingerprint density at radius 2 is 2.14 bits per heavy atom. The largest absolute Gasteiger partial charge is 0.462 e. The lowest BCUT2D eigenvalue weighted by atomic mass is 9.85. The first-order valence-electron chi connectivity index (χ1n) is 9.72. The van der Waals surface area contributed by atoms with Gasteiger partial charge in [0.05, 0.1) is 12.2 Å². The lowest BCUT2D eigenvalue weighted by Crippen LogP contribution is -2.17. The first-order chi connectivity index (χ1) is 14.1. The van der Waals surface area contributed by atoms with Crippen LogP contribution >= 0.6 is 11.3 Å². The molecule has 0 bridgehead atoms. The van der Waals surface area contributed by atoms with Gasteiger partial charge in [-0.05, 0) is 61.4 Å². The van der Waals surface area contributed by atoms with Gasteiger partial charge in [-0.2, -0.15) is 5.26 Å². The van der Waals surface area contributed by atoms with E-state index in [9.17, 15) is 14.9 Å². The molecule has 7 heteroatoms. The SMILES string of the molecule is CCOC(=O)c1c(NC(=O)/C(C#N)=C/c2ccncc2)sc2c1CCC(CC)C2. The van der Waals surface area contributed by atoms with Gasteiger partial charge >= 0.3 is 5.97 Å². The zero-order valence-corrected chi connectivity index (χ0v) is 17.3. The number of thiophene rings is 1. The molecule has 0 saturated carbocycles. The Hall–Kier alpha value is -2.98. The van der Waals surface area contributed by atoms with Crippen LogP contribution in [-0.4, -0.2) is 23.5 Å². The molecule has 1 N–H and O–H groups in total. The van der Waals surface area contributed by atoms with Crippen LogP contribution in [0.3, 0.4) is 0 Å². The van der Waals surface area contributed by atoms with Crippen molar-refractivity contribution in [3.05, 3.63) is 51.7 Å². The van der Waals surface area contributed by atoms with E-state index in [0.29, 0.717) is 22.0 Å². The van der Waals surface area contributed by atoms with Gasteiger partial charge in [0.1, 0.15) is 16.6 Å². The summed E-state index contributed by atoms with van der Waals surface area (Å²) in [5.41, 5.74) is 2.08. The van der Waals surface area contributed by atoms with Gasteiger partial charge in [0.2, 0.25) is 0 Å². The molecule has 1 atom stereocenters. The van der Waals surface area contributed by atoms with Crippen LogP contribution in [0.2, 0.25) is 0 Å². The van der Waals surface area contributed by atoms with E-state index in [2.05, 4.69) is 17.2 Å². The summed E-state index contributed by atoms with van der Waals surface area (Å²) in [6.07, 6.45) is 8.49. The zero-order chi connectivity index (χ0) is 20.8. The summed E-state index contributed by atoms with van der Waals surface area (Å²) in [5, 5.41) is 12.7. The highest BCUT2D eigenvalue weighted by atomic mass is 32.1. The van der Waals surface area contributed by atoms with Gasteiger partial charge < -0.3 is 10.1 Å². The summed E-state index contributed by atoms with van der Waals surface area (Å²) in [6.45, 7) is 4.19. The maximum Gasteiger partial charge on any atom is 0.341 e. The number of hydrogen-bond donors (Lipinski definition) is 1. The lowest BCUT2D eigenvalue weighted by Gasteiger charge is -2.20. The third-order valence-corrected chi connectivity index (χ3v) is 6.20. The molecule has 1 amide bonds. The summed E-state index contributed by atoms with van der Waals surface area (Å²) in [4.78, 5) is 30.4. The van der Waals surface area contributed by atoms with Crippen molar-refractivity contribution in [3.63, 3.8) is 0 Å². The number of fused-ring (bicyclic) bond motifs is 1. The Labute approximate surface area is 174 Å². The molecule has 2 aromatic heterocycles. The van der Waals surface area contributed by atoms with Crippen molar-refractivity contribution in [2.24, 2.45) is 5.92 Å². The number of anilines is 1. The summed E-state index contributed by atoms with van der Waals surface area (Å²) in [7, 11) is 0. The maximum atomic E-state index is 12.8. The highest BCUT2D eigenvalue weighted by Gasteiger charge is 2.30. The van der Waals surface area contributed by atoms with Crippen molar-refractivity contribution in [2.75, 3.05) is 11.9 Å². The number of rotatable bonds is 6. The molecule has 0 saturated heterocycles. The molecule has 1 unspecified atom stereocenters. The van der Waals surface area contributed by atoms with Crippen molar-refractivity contribution in [1.82, 2.24) is 4.98 Å². The van der Waals surface area contributed by atoms with Crippen LogP contribution in [0.4, 0.5) is 5.00 Å². The minimum absolute atomic E-state index is 0.0381. The summed E-state index contributed by atoms with van der Waals surface area (Å²) in [5.74, 6) is -0.381. The average Bonchev–Trinajstić information content (AvgIpc) is 3.09. The molecular formula is C22H23N3O3S. The molecule has 0 aromatic carbocycles. The van der Waals surface area contributed by atoms with E-state index in [1.807, 2.05) is 6.07 Å². The van der Waals surface area contributed by atoms with E-state index in [4.69, 9.17) is 4.74 Å². The minimum Gasteiger partial charge on any atom is -0.462 e. The lowest BCUT2D eigenvalue weighted by molar-refractivity contribution is -0.112. The fourth-order valence-electron chi connectivity index (χ4n) is 3.46. The van der Waals surface area contributed by atoms with Crippen LogP contribution in [-0.2, 0) is 22.4 Å². The molecule has 29 heavy (non-hydrogen) atoms. The topological polar surface area (TPSA) is 92.1 Å². The Morgan fingerprint density at radius 1 is 1.38 bits per heavy atom. The van der Waals surface area contributed by atoms with Gasteiger partial charge in [-0.25, -0.2) is 4.79 Å². The minimum atomic E-state index is -0.541. The van der Waals surface area contributed by atoms with Gasteiger partial charge in [0, 0.05) is 17.3 Å². The molecule has 150 valence electrons. The van der Waals surface area contributed by atoms with Crippen LogP contribution in [0.1, 0.15) is 53.1 Å². The number of hydrogen-bond acceptors (Lipinski definition) is 6. The normalized spacial score (nSPS) is 15.9. The monoisotopic (exact) mass is 409 g/mol. The van der Waals surface area contributed by atoms with E-state index in [0.717, 1.165) is 36.1 Å². The number of carbonyl (C=O) groups excluding carboxylic acids is 2. The number of nitriles is 1. The number of pyridine rings is 1. The van der Waals surface area contributed by atoms with Crippen molar-refractivity contribution in [1.29, 1.82) is 5.26 Å². The van der Waals surface area contributed by atoms with Gasteiger partial charge in [0.25, 0.3) is 5.91 Å². The molecule has 0 radical (unpaired) electrons. The highest BCUT2D eigenvalue weighted by molar-refractivity contribution is 7.17. The second kappa shape index (κ2) is 9.48. The molecule has 1 aliphatic rings. The fraction of sp³-hybridized carbons (Fsp3) is 0.364. The van der Waals surface area contributed by atoms with Crippen molar-refractivity contribution in [2.45, 2.75) is 39.5 Å². The predicted molar refractivity (Wildman–Crippen MR) is 113 cm³/mol. The molecule has 6 nitrogen and oxygen atoms in total. The fourth-order valence-corrected chi connectivity index (χ4v) is 4.80. The zero-order valence-electron chi connectivity index (χ0n) is 16.5. The number of amides is 1. The molecule has 2 heterocycles. The van der Waals surface area contributed by atoms with Crippen LogP contribution in [0.25, 0.3) is 6.08 Å². The third-order valence-electron chi connectivity index (χ3n) is 5.03. The van der Waals surface area contributed by atoms with Crippen molar-refractivity contribution >= 4 is 34.3 Å². The molecule has 0 spiro atoms. The number of carbonyl (C=O) groups is 2. The molecular weight excluding hydrogens is 386 g/mol. The highest BCUT2D eigenvalue weighted by Crippen LogP contribution is 2.41. The quantitative estimate of drug-likeness (QED) is 0.434. The molecule has 1 aliphatic carbocycles. The van der Waals surface area contributed by atoms with Gasteiger partial charge in [-0.3, -0.25) is 9.78 Å². The molecule has 0 fully saturated rings. The van der Waals surface area contributed by atoms with Crippen LogP contribution in [0.5, 0.6) is 0 Å². The number of ether oxygens (including phenoxy) is 1. The molecule has 3 rings (SSSR count). The molecule has 2 aromatic rings. The first kappa shape index (κ1) is 20.7. The van der Waals surface area contributed by atoms with Crippen LogP contribution < -0.4 is 5.32 Å². The standard InChI is InChI=1S/C22H23N3O3S/c1-3-14-5-6-17-18(12-14)29-21(19(17)22(27)28-4-2)25-20(26)16(13-23)11-15-7-9-24-10-8-15/h7-11,14H,3-6,12H2,1-2H3,(H,25,26)/b16-11+. The number of nitrogens with one attached hydrogen (secondary N) is 1. The van der Waals surface area contributed by atoms with Crippen molar-refractivity contribution in [3.8, 4) is 6.07 Å². The van der Waals surface area contributed by atoms with Crippen molar-refractivity contribution < 1.29 is 14.3 Å². The van der Waals surface area contributed by atoms with Crippen LogP contribution in [0, 0.1) is 17.2 Å². The summed E-state index contributed by atoms with van der Waals surface area (Å²) >= 11 is 1.42. The number of esters is 1. The Morgan fingerprint density at radius 3 is 2.79 bits per heavy atom. The predicted octanol–water partition coefficient (Wildman–Crippen LogP) is 4.38. The van der Waals surface area contributed by atoms with E-state index in [1.54, 1.807) is 31.5 Å². The maximum absolute atomic E-state index is 12.8. The number of aromatic nitrogens is 1. The molecule has 0 aliphatic heterocycles. The summed E-state index contributed by atoms with van der Waals surface area (Å²) in [6, 6.07) is 5.36. The van der Waals surface area contributed by atoms with Crippen LogP contribution in [0.15, 0.2) is 30.1 Å². The third kappa shape index (κ3) is 4.72. The Balaban J connectivity index is 1.92. The Kier molecular flexibility index (Phi) is 6.78. The van der Waals surface area contributed by atoms with E-state index >= 15 is 0 Å². The summed E-state index contributed by atoms with van der Waals surface area (Å²) < 4.78 is 5.24. The smallest absolute Gasteiger partial charge is 0.341 e. The van der Waals surface area contributed by atoms with Gasteiger partial charge in [-0.15, -0.1) is 11.3 Å². The Bertz CT molecular complexity index is 973. The first-order valence-corrected chi connectivity index (χ1v) is 10.5. The van der Waals surface area contributed by atoms with E-state index in [1.165, 1.54) is 17.4 Å². The van der Waals surface area contributed by atoms with Gasteiger partial charge in [0.15, 0.2) is 0 Å². The second-order valence-corrected chi connectivity index (χ2v) is 7.96. The van der Waals surface area contributed by atoms with E-state index in [-0.39, 0.29) is 12.2 Å². The average molecular weight is 410 g/mol. The van der Waals surface area contributed by atoms with E-state index < -0.39 is 11.9 Å².